The number of sulfonamides is 1. The molecule has 2 aromatic carbocycles. The second-order valence-corrected chi connectivity index (χ2v) is 9.12. The number of benzene rings is 2. The molecule has 0 bridgehead atoms. The average molecular weight is 419 g/mol. The molecule has 1 aliphatic rings. The number of anilines is 1. The Morgan fingerprint density at radius 1 is 1.24 bits per heavy atom. The molecule has 1 unspecified atom stereocenters. The molecular weight excluding hydrogens is 392 g/mol. The zero-order chi connectivity index (χ0) is 21.0. The van der Waals surface area contributed by atoms with Gasteiger partial charge in [0.1, 0.15) is 4.90 Å². The largest absolute Gasteiger partial charge is 0.380 e. The predicted molar refractivity (Wildman–Crippen MR) is 112 cm³/mol. The lowest BCUT2D eigenvalue weighted by Crippen LogP contribution is -2.34. The Hall–Kier alpha value is -2.49. The van der Waals surface area contributed by atoms with E-state index in [1.54, 1.807) is 0 Å². The summed E-state index contributed by atoms with van der Waals surface area (Å²) in [5.41, 5.74) is 2.15. The lowest BCUT2D eigenvalue weighted by molar-refractivity contribution is -0.385. The molecule has 3 rings (SSSR count). The van der Waals surface area contributed by atoms with E-state index < -0.39 is 14.9 Å². The summed E-state index contributed by atoms with van der Waals surface area (Å²) in [6.07, 6.45) is 2.46. The number of piperidine rings is 1. The Kier molecular flexibility index (Phi) is 6.51. The standard InChI is InChI=1S/C20H26N4O4S/c1-15-5-4-10-23(13-15)14-17-7-3-2-6-16(17)12-22-19-9-8-18(24(25)26)11-20(19)29(21,27)28/h2-3,6-9,11,15,22H,4-5,10,12-14H2,1H3,(H2,21,27,28). The van der Waals surface area contributed by atoms with E-state index in [4.69, 9.17) is 5.14 Å². The number of hydrogen-bond donors (Lipinski definition) is 2. The van der Waals surface area contributed by atoms with E-state index in [2.05, 4.69) is 23.2 Å². The summed E-state index contributed by atoms with van der Waals surface area (Å²) in [6, 6.07) is 11.6. The molecule has 0 spiro atoms. The van der Waals surface area contributed by atoms with E-state index in [0.29, 0.717) is 12.5 Å². The smallest absolute Gasteiger partial charge is 0.270 e. The van der Waals surface area contributed by atoms with Crippen molar-refractivity contribution in [3.8, 4) is 0 Å². The first kappa shape index (κ1) is 21.2. The molecule has 2 aromatic rings. The van der Waals surface area contributed by atoms with Crippen molar-refractivity contribution < 1.29 is 13.3 Å². The normalized spacial score (nSPS) is 17.8. The van der Waals surface area contributed by atoms with Crippen molar-refractivity contribution in [3.63, 3.8) is 0 Å². The van der Waals surface area contributed by atoms with Crippen molar-refractivity contribution in [1.82, 2.24) is 4.90 Å². The Morgan fingerprint density at radius 3 is 2.62 bits per heavy atom. The van der Waals surface area contributed by atoms with Crippen LogP contribution < -0.4 is 10.5 Å². The predicted octanol–water partition coefficient (Wildman–Crippen LogP) is 3.09. The fourth-order valence-electron chi connectivity index (χ4n) is 3.75. The Balaban J connectivity index is 1.79. The van der Waals surface area contributed by atoms with Gasteiger partial charge < -0.3 is 5.32 Å². The molecule has 0 aromatic heterocycles. The van der Waals surface area contributed by atoms with E-state index in [9.17, 15) is 18.5 Å². The summed E-state index contributed by atoms with van der Waals surface area (Å²) < 4.78 is 23.8. The minimum absolute atomic E-state index is 0.250. The summed E-state index contributed by atoms with van der Waals surface area (Å²) in [6.45, 7) is 5.64. The molecular formula is C20H26N4O4S. The minimum Gasteiger partial charge on any atom is -0.380 e. The number of nitro benzene ring substituents is 1. The van der Waals surface area contributed by atoms with Gasteiger partial charge in [0.2, 0.25) is 10.0 Å². The first-order valence-electron chi connectivity index (χ1n) is 9.58. The van der Waals surface area contributed by atoms with Gasteiger partial charge in [-0.3, -0.25) is 15.0 Å². The number of primary sulfonamides is 1. The van der Waals surface area contributed by atoms with E-state index in [-0.39, 0.29) is 16.3 Å². The number of nitrogens with one attached hydrogen (secondary N) is 1. The maximum atomic E-state index is 11.9. The van der Waals surface area contributed by atoms with Gasteiger partial charge in [0, 0.05) is 31.8 Å². The van der Waals surface area contributed by atoms with Gasteiger partial charge in [-0.2, -0.15) is 0 Å². The van der Waals surface area contributed by atoms with Crippen LogP contribution in [0.25, 0.3) is 0 Å². The molecule has 1 heterocycles. The maximum absolute atomic E-state index is 11.9. The molecule has 0 saturated carbocycles. The molecule has 0 aliphatic carbocycles. The molecule has 1 saturated heterocycles. The van der Waals surface area contributed by atoms with Gasteiger partial charge in [-0.05, 0) is 42.5 Å². The van der Waals surface area contributed by atoms with Crippen molar-refractivity contribution in [2.45, 2.75) is 37.8 Å². The molecule has 0 radical (unpaired) electrons. The number of non-ortho nitro benzene ring substituents is 1. The third kappa shape index (κ3) is 5.53. The zero-order valence-electron chi connectivity index (χ0n) is 16.4. The zero-order valence-corrected chi connectivity index (χ0v) is 17.2. The Morgan fingerprint density at radius 2 is 1.97 bits per heavy atom. The SMILES string of the molecule is CC1CCCN(Cc2ccccc2CNc2ccc([N+](=O)[O-])cc2S(N)(=O)=O)C1. The van der Waals surface area contributed by atoms with E-state index in [0.717, 1.165) is 31.3 Å². The third-order valence-electron chi connectivity index (χ3n) is 5.21. The fourth-order valence-corrected chi connectivity index (χ4v) is 4.48. The molecule has 8 nitrogen and oxygen atoms in total. The highest BCUT2D eigenvalue weighted by Gasteiger charge is 2.20. The number of rotatable bonds is 7. The Bertz CT molecular complexity index is 994. The van der Waals surface area contributed by atoms with Crippen LogP contribution in [0.2, 0.25) is 0 Å². The van der Waals surface area contributed by atoms with Crippen LogP contribution in [0.4, 0.5) is 11.4 Å². The summed E-state index contributed by atoms with van der Waals surface area (Å²) in [5.74, 6) is 0.687. The monoisotopic (exact) mass is 418 g/mol. The van der Waals surface area contributed by atoms with Crippen LogP contribution in [0, 0.1) is 16.0 Å². The van der Waals surface area contributed by atoms with E-state index >= 15 is 0 Å². The summed E-state index contributed by atoms with van der Waals surface area (Å²) in [4.78, 5) is 12.5. The van der Waals surface area contributed by atoms with Crippen LogP contribution in [0.15, 0.2) is 47.4 Å². The highest BCUT2D eigenvalue weighted by atomic mass is 32.2. The quantitative estimate of drug-likeness (QED) is 0.527. The first-order valence-corrected chi connectivity index (χ1v) is 11.1. The maximum Gasteiger partial charge on any atom is 0.270 e. The van der Waals surface area contributed by atoms with Crippen LogP contribution in [-0.4, -0.2) is 31.3 Å². The molecule has 0 amide bonds. The highest BCUT2D eigenvalue weighted by molar-refractivity contribution is 7.89. The third-order valence-corrected chi connectivity index (χ3v) is 6.16. The van der Waals surface area contributed by atoms with Gasteiger partial charge in [-0.1, -0.05) is 31.2 Å². The topological polar surface area (TPSA) is 119 Å². The Labute approximate surface area is 170 Å². The van der Waals surface area contributed by atoms with Crippen molar-refractivity contribution in [1.29, 1.82) is 0 Å². The summed E-state index contributed by atoms with van der Waals surface area (Å²) in [5, 5.41) is 19.3. The summed E-state index contributed by atoms with van der Waals surface area (Å²) >= 11 is 0. The van der Waals surface area contributed by atoms with Gasteiger partial charge in [0.05, 0.1) is 10.6 Å². The van der Waals surface area contributed by atoms with Gasteiger partial charge in [0.25, 0.3) is 5.69 Å². The molecule has 29 heavy (non-hydrogen) atoms. The van der Waals surface area contributed by atoms with Crippen molar-refractivity contribution in [2.24, 2.45) is 11.1 Å². The van der Waals surface area contributed by atoms with Crippen LogP contribution in [0.5, 0.6) is 0 Å². The van der Waals surface area contributed by atoms with Gasteiger partial charge >= 0.3 is 0 Å². The second-order valence-electron chi connectivity index (χ2n) is 7.59. The summed E-state index contributed by atoms with van der Waals surface area (Å²) in [7, 11) is -4.11. The van der Waals surface area contributed by atoms with Crippen LogP contribution in [0.1, 0.15) is 30.9 Å². The fraction of sp³-hybridized carbons (Fsp3) is 0.400. The van der Waals surface area contributed by atoms with Gasteiger partial charge in [-0.15, -0.1) is 0 Å². The number of likely N-dealkylation sites (tertiary alicyclic amines) is 1. The molecule has 156 valence electrons. The van der Waals surface area contributed by atoms with Crippen molar-refractivity contribution in [2.75, 3.05) is 18.4 Å². The van der Waals surface area contributed by atoms with Gasteiger partial charge in [0.15, 0.2) is 0 Å². The number of nitro groups is 1. The van der Waals surface area contributed by atoms with Gasteiger partial charge in [-0.25, -0.2) is 13.6 Å². The first-order chi connectivity index (χ1) is 13.7. The van der Waals surface area contributed by atoms with E-state index in [1.165, 1.54) is 30.5 Å². The lowest BCUT2D eigenvalue weighted by atomic mass is 9.99. The van der Waals surface area contributed by atoms with Crippen molar-refractivity contribution >= 4 is 21.4 Å². The van der Waals surface area contributed by atoms with Crippen LogP contribution in [0.3, 0.4) is 0 Å². The molecule has 1 aliphatic heterocycles. The lowest BCUT2D eigenvalue weighted by Gasteiger charge is -2.31. The highest BCUT2D eigenvalue weighted by Crippen LogP contribution is 2.27. The van der Waals surface area contributed by atoms with Crippen molar-refractivity contribution in [3.05, 3.63) is 63.7 Å². The van der Waals surface area contributed by atoms with Crippen LogP contribution >= 0.6 is 0 Å². The minimum atomic E-state index is -4.11. The molecule has 1 atom stereocenters. The average Bonchev–Trinajstić information content (AvgIpc) is 2.66. The number of nitrogens with two attached hydrogens (primary N) is 1. The number of nitrogens with zero attached hydrogens (tertiary/aromatic N) is 2. The van der Waals surface area contributed by atoms with Crippen LogP contribution in [-0.2, 0) is 23.1 Å². The second kappa shape index (κ2) is 8.89. The molecule has 9 heteroatoms. The number of hydrogen-bond acceptors (Lipinski definition) is 6. The molecule has 1 fully saturated rings. The molecule has 3 N–H and O–H groups in total. The van der Waals surface area contributed by atoms with E-state index in [1.807, 2.05) is 18.2 Å².